The van der Waals surface area contributed by atoms with Gasteiger partial charge in [-0.25, -0.2) is 0 Å². The Morgan fingerprint density at radius 1 is 1.30 bits per heavy atom. The monoisotopic (exact) mass is 281 g/mol. The molecule has 2 unspecified atom stereocenters. The lowest BCUT2D eigenvalue weighted by Gasteiger charge is -2.33. The van der Waals surface area contributed by atoms with Gasteiger partial charge in [0.05, 0.1) is 11.7 Å². The molecule has 4 nitrogen and oxygen atoms in total. The number of hydrogen-bond acceptors (Lipinski definition) is 3. The molecule has 0 radical (unpaired) electrons. The highest BCUT2D eigenvalue weighted by Crippen LogP contribution is 2.37. The second-order valence-corrected chi connectivity index (χ2v) is 6.40. The number of amides is 1. The molecule has 1 amide bonds. The average molecular weight is 281 g/mol. The van der Waals surface area contributed by atoms with E-state index in [-0.39, 0.29) is 11.7 Å². The van der Waals surface area contributed by atoms with E-state index in [2.05, 4.69) is 42.8 Å². The molecule has 1 N–H and O–H groups in total. The SMILES string of the molecule is CCC1NC2(CCCC2)C(=O)N1C(C)CN(CC)CC. The summed E-state index contributed by atoms with van der Waals surface area (Å²) < 4.78 is 0. The van der Waals surface area contributed by atoms with Gasteiger partial charge in [0.2, 0.25) is 5.91 Å². The van der Waals surface area contributed by atoms with Crippen molar-refractivity contribution in [3.63, 3.8) is 0 Å². The quantitative estimate of drug-likeness (QED) is 0.811. The van der Waals surface area contributed by atoms with Crippen molar-refractivity contribution in [2.45, 2.75) is 77.5 Å². The lowest BCUT2D eigenvalue weighted by Crippen LogP contribution is -2.48. The minimum absolute atomic E-state index is 0.224. The molecule has 2 fully saturated rings. The summed E-state index contributed by atoms with van der Waals surface area (Å²) in [5, 5.41) is 3.66. The Labute approximate surface area is 123 Å². The average Bonchev–Trinajstić information content (AvgIpc) is 3.03. The highest BCUT2D eigenvalue weighted by Gasteiger charge is 2.52. The van der Waals surface area contributed by atoms with Crippen LogP contribution in [-0.4, -0.2) is 53.1 Å². The van der Waals surface area contributed by atoms with Crippen molar-refractivity contribution >= 4 is 5.91 Å². The zero-order chi connectivity index (χ0) is 14.8. The summed E-state index contributed by atoms with van der Waals surface area (Å²) in [5.74, 6) is 0.363. The van der Waals surface area contributed by atoms with Crippen LogP contribution in [0.5, 0.6) is 0 Å². The molecule has 1 aliphatic carbocycles. The van der Waals surface area contributed by atoms with Gasteiger partial charge in [0.1, 0.15) is 0 Å². The van der Waals surface area contributed by atoms with Crippen LogP contribution in [0, 0.1) is 0 Å². The molecule has 1 heterocycles. The van der Waals surface area contributed by atoms with Gasteiger partial charge in [0, 0.05) is 12.6 Å². The zero-order valence-electron chi connectivity index (χ0n) is 13.6. The van der Waals surface area contributed by atoms with Crippen LogP contribution >= 0.6 is 0 Å². The standard InChI is InChI=1S/C16H31N3O/c1-5-14-17-16(10-8-9-11-16)15(20)19(14)13(4)12-18(6-2)7-3/h13-14,17H,5-12H2,1-4H3. The van der Waals surface area contributed by atoms with Crippen LogP contribution in [0.3, 0.4) is 0 Å². The van der Waals surface area contributed by atoms with Crippen molar-refractivity contribution in [1.29, 1.82) is 0 Å². The molecule has 0 aromatic carbocycles. The Balaban J connectivity index is 2.10. The molecular weight excluding hydrogens is 250 g/mol. The Hall–Kier alpha value is -0.610. The third kappa shape index (κ3) is 2.73. The van der Waals surface area contributed by atoms with Crippen LogP contribution in [-0.2, 0) is 4.79 Å². The first-order valence-corrected chi connectivity index (χ1v) is 8.40. The molecule has 0 aromatic rings. The van der Waals surface area contributed by atoms with Crippen molar-refractivity contribution in [2.24, 2.45) is 0 Å². The number of nitrogens with one attached hydrogen (secondary N) is 1. The fraction of sp³-hybridized carbons (Fsp3) is 0.938. The third-order valence-corrected chi connectivity index (χ3v) is 5.16. The summed E-state index contributed by atoms with van der Waals surface area (Å²) >= 11 is 0. The van der Waals surface area contributed by atoms with Gasteiger partial charge in [-0.05, 0) is 39.3 Å². The van der Waals surface area contributed by atoms with Crippen LogP contribution < -0.4 is 5.32 Å². The first kappa shape index (κ1) is 15.8. The molecule has 4 heteroatoms. The lowest BCUT2D eigenvalue weighted by molar-refractivity contribution is -0.135. The molecule has 20 heavy (non-hydrogen) atoms. The molecule has 1 aliphatic heterocycles. The summed E-state index contributed by atoms with van der Waals surface area (Å²) in [6.07, 6.45) is 5.65. The predicted molar refractivity (Wildman–Crippen MR) is 82.5 cm³/mol. The third-order valence-electron chi connectivity index (χ3n) is 5.16. The van der Waals surface area contributed by atoms with Crippen molar-refractivity contribution < 1.29 is 4.79 Å². The van der Waals surface area contributed by atoms with Crippen LogP contribution in [0.15, 0.2) is 0 Å². The van der Waals surface area contributed by atoms with Gasteiger partial charge >= 0.3 is 0 Å². The van der Waals surface area contributed by atoms with E-state index in [9.17, 15) is 4.79 Å². The molecule has 116 valence electrons. The van der Waals surface area contributed by atoms with Gasteiger partial charge in [0.15, 0.2) is 0 Å². The van der Waals surface area contributed by atoms with Crippen LogP contribution in [0.25, 0.3) is 0 Å². The van der Waals surface area contributed by atoms with Gasteiger partial charge in [-0.15, -0.1) is 0 Å². The maximum atomic E-state index is 12.9. The minimum Gasteiger partial charge on any atom is -0.322 e. The maximum absolute atomic E-state index is 12.9. The van der Waals surface area contributed by atoms with Gasteiger partial charge in [0.25, 0.3) is 0 Å². The topological polar surface area (TPSA) is 35.6 Å². The molecule has 1 saturated heterocycles. The summed E-state index contributed by atoms with van der Waals surface area (Å²) in [6.45, 7) is 11.8. The molecule has 0 bridgehead atoms. The highest BCUT2D eigenvalue weighted by atomic mass is 16.2. The molecule has 0 aromatic heterocycles. The molecule has 2 atom stereocenters. The minimum atomic E-state index is -0.224. The van der Waals surface area contributed by atoms with Gasteiger partial charge in [-0.2, -0.15) is 0 Å². The van der Waals surface area contributed by atoms with E-state index in [1.165, 1.54) is 12.8 Å². The summed E-state index contributed by atoms with van der Waals surface area (Å²) in [5.41, 5.74) is -0.224. The number of carbonyl (C=O) groups excluding carboxylic acids is 1. The Morgan fingerprint density at radius 3 is 2.40 bits per heavy atom. The smallest absolute Gasteiger partial charge is 0.244 e. The predicted octanol–water partition coefficient (Wildman–Crippen LogP) is 2.20. The summed E-state index contributed by atoms with van der Waals surface area (Å²) in [6, 6.07) is 0.292. The van der Waals surface area contributed by atoms with E-state index in [0.717, 1.165) is 38.9 Å². The highest BCUT2D eigenvalue weighted by molar-refractivity contribution is 5.89. The molecular formula is C16H31N3O. The molecule has 2 aliphatic rings. The molecule has 2 rings (SSSR count). The van der Waals surface area contributed by atoms with E-state index in [4.69, 9.17) is 0 Å². The van der Waals surface area contributed by atoms with Crippen molar-refractivity contribution in [1.82, 2.24) is 15.1 Å². The van der Waals surface area contributed by atoms with Crippen molar-refractivity contribution in [3.05, 3.63) is 0 Å². The van der Waals surface area contributed by atoms with Crippen LogP contribution in [0.2, 0.25) is 0 Å². The maximum Gasteiger partial charge on any atom is 0.244 e. The molecule has 1 saturated carbocycles. The second kappa shape index (κ2) is 6.44. The van der Waals surface area contributed by atoms with Gasteiger partial charge < -0.3 is 9.80 Å². The van der Waals surface area contributed by atoms with E-state index in [1.54, 1.807) is 0 Å². The fourth-order valence-electron chi connectivity index (χ4n) is 3.93. The Bertz CT molecular complexity index is 335. The van der Waals surface area contributed by atoms with E-state index in [1.807, 2.05) is 0 Å². The number of likely N-dealkylation sites (N-methyl/N-ethyl adjacent to an activating group) is 1. The number of nitrogens with zero attached hydrogens (tertiary/aromatic N) is 2. The number of carbonyl (C=O) groups is 1. The van der Waals surface area contributed by atoms with Crippen molar-refractivity contribution in [3.8, 4) is 0 Å². The lowest BCUT2D eigenvalue weighted by atomic mass is 9.97. The summed E-state index contributed by atoms with van der Waals surface area (Å²) in [7, 11) is 0. The summed E-state index contributed by atoms with van der Waals surface area (Å²) in [4.78, 5) is 17.5. The normalized spacial score (nSPS) is 26.9. The van der Waals surface area contributed by atoms with Crippen molar-refractivity contribution in [2.75, 3.05) is 19.6 Å². The second-order valence-electron chi connectivity index (χ2n) is 6.40. The van der Waals surface area contributed by atoms with Crippen LogP contribution in [0.1, 0.15) is 59.8 Å². The number of rotatable bonds is 6. The van der Waals surface area contributed by atoms with E-state index in [0.29, 0.717) is 11.9 Å². The molecule has 1 spiro atoms. The van der Waals surface area contributed by atoms with E-state index >= 15 is 0 Å². The van der Waals surface area contributed by atoms with E-state index < -0.39 is 0 Å². The van der Waals surface area contributed by atoms with Crippen LogP contribution in [0.4, 0.5) is 0 Å². The first-order valence-electron chi connectivity index (χ1n) is 8.40. The van der Waals surface area contributed by atoms with Gasteiger partial charge in [-0.1, -0.05) is 33.6 Å². The largest absolute Gasteiger partial charge is 0.322 e. The Kier molecular flexibility index (Phi) is 5.08. The Morgan fingerprint density at radius 2 is 1.90 bits per heavy atom. The number of hydrogen-bond donors (Lipinski definition) is 1. The fourth-order valence-corrected chi connectivity index (χ4v) is 3.93. The van der Waals surface area contributed by atoms with Gasteiger partial charge in [-0.3, -0.25) is 10.1 Å². The zero-order valence-corrected chi connectivity index (χ0v) is 13.6. The first-order chi connectivity index (χ1) is 9.57.